The van der Waals surface area contributed by atoms with E-state index >= 15 is 0 Å². The van der Waals surface area contributed by atoms with Gasteiger partial charge in [-0.3, -0.25) is 4.68 Å². The lowest BCUT2D eigenvalue weighted by molar-refractivity contribution is 0.292. The minimum Gasteiger partial charge on any atom is -0.487 e. The molecule has 0 unspecified atom stereocenters. The van der Waals surface area contributed by atoms with E-state index in [2.05, 4.69) is 26.3 Å². The van der Waals surface area contributed by atoms with Crippen molar-refractivity contribution in [3.8, 4) is 5.75 Å². The first-order valence-electron chi connectivity index (χ1n) is 6.84. The minimum atomic E-state index is 0.411. The van der Waals surface area contributed by atoms with Gasteiger partial charge in [0, 0.05) is 17.6 Å². The van der Waals surface area contributed by atoms with Crippen molar-refractivity contribution in [2.24, 2.45) is 0 Å². The fourth-order valence-electron chi connectivity index (χ4n) is 2.13. The van der Waals surface area contributed by atoms with Crippen molar-refractivity contribution >= 4 is 27.5 Å². The third-order valence-corrected chi connectivity index (χ3v) is 4.48. The van der Waals surface area contributed by atoms with E-state index in [1.165, 1.54) is 0 Å². The zero-order chi connectivity index (χ0) is 15.4. The van der Waals surface area contributed by atoms with E-state index in [9.17, 15) is 0 Å². The predicted octanol–water partition coefficient (Wildman–Crippen LogP) is 3.93. The SMILES string of the molecule is CCn1nc(C)c(Cl)c1COc1ccc(Br)c(CNC)c1. The number of hydrogen-bond acceptors (Lipinski definition) is 3. The van der Waals surface area contributed by atoms with Gasteiger partial charge in [0.1, 0.15) is 12.4 Å². The maximum Gasteiger partial charge on any atom is 0.131 e. The van der Waals surface area contributed by atoms with Gasteiger partial charge >= 0.3 is 0 Å². The molecule has 1 aromatic carbocycles. The van der Waals surface area contributed by atoms with Crippen LogP contribution >= 0.6 is 27.5 Å². The Kier molecular flexibility index (Phi) is 5.67. The quantitative estimate of drug-likeness (QED) is 0.835. The summed E-state index contributed by atoms with van der Waals surface area (Å²) in [6, 6.07) is 5.96. The van der Waals surface area contributed by atoms with Gasteiger partial charge in [-0.25, -0.2) is 0 Å². The van der Waals surface area contributed by atoms with Crippen molar-refractivity contribution in [2.75, 3.05) is 7.05 Å². The van der Waals surface area contributed by atoms with E-state index in [-0.39, 0.29) is 0 Å². The van der Waals surface area contributed by atoms with Crippen molar-refractivity contribution in [3.05, 3.63) is 44.6 Å². The Morgan fingerprint density at radius 2 is 2.19 bits per heavy atom. The number of rotatable bonds is 6. The van der Waals surface area contributed by atoms with Crippen LogP contribution in [0.2, 0.25) is 5.02 Å². The molecule has 114 valence electrons. The molecule has 2 rings (SSSR count). The molecule has 1 N–H and O–H groups in total. The molecule has 1 heterocycles. The fourth-order valence-corrected chi connectivity index (χ4v) is 2.70. The van der Waals surface area contributed by atoms with Gasteiger partial charge in [-0.1, -0.05) is 27.5 Å². The van der Waals surface area contributed by atoms with E-state index < -0.39 is 0 Å². The van der Waals surface area contributed by atoms with Crippen molar-refractivity contribution < 1.29 is 4.74 Å². The largest absolute Gasteiger partial charge is 0.487 e. The molecule has 0 fully saturated rings. The zero-order valence-electron chi connectivity index (χ0n) is 12.4. The van der Waals surface area contributed by atoms with Crippen molar-refractivity contribution in [1.82, 2.24) is 15.1 Å². The summed E-state index contributed by atoms with van der Waals surface area (Å²) in [6.45, 7) is 5.91. The summed E-state index contributed by atoms with van der Waals surface area (Å²) in [6.07, 6.45) is 0. The number of nitrogens with one attached hydrogen (secondary N) is 1. The summed E-state index contributed by atoms with van der Waals surface area (Å²) in [4.78, 5) is 0. The van der Waals surface area contributed by atoms with Crippen LogP contribution in [0, 0.1) is 6.92 Å². The number of aryl methyl sites for hydroxylation is 2. The van der Waals surface area contributed by atoms with Crippen LogP contribution in [-0.2, 0) is 19.7 Å². The number of aromatic nitrogens is 2. The first kappa shape index (κ1) is 16.3. The number of ether oxygens (including phenoxy) is 1. The number of nitrogens with zero attached hydrogens (tertiary/aromatic N) is 2. The molecule has 1 aromatic heterocycles. The second-order valence-electron chi connectivity index (χ2n) is 4.73. The molecule has 2 aromatic rings. The Hall–Kier alpha value is -1.04. The lowest BCUT2D eigenvalue weighted by Crippen LogP contribution is -2.08. The van der Waals surface area contributed by atoms with E-state index in [4.69, 9.17) is 16.3 Å². The normalized spacial score (nSPS) is 10.9. The van der Waals surface area contributed by atoms with E-state index in [0.717, 1.165) is 40.3 Å². The predicted molar refractivity (Wildman–Crippen MR) is 88.9 cm³/mol. The highest BCUT2D eigenvalue weighted by Gasteiger charge is 2.13. The molecule has 0 atom stereocenters. The molecule has 6 heteroatoms. The third-order valence-electron chi connectivity index (χ3n) is 3.21. The monoisotopic (exact) mass is 371 g/mol. The number of hydrogen-bond donors (Lipinski definition) is 1. The highest BCUT2D eigenvalue weighted by Crippen LogP contribution is 2.25. The summed E-state index contributed by atoms with van der Waals surface area (Å²) in [5.41, 5.74) is 2.90. The van der Waals surface area contributed by atoms with E-state index in [1.54, 1.807) is 0 Å². The zero-order valence-corrected chi connectivity index (χ0v) is 14.8. The van der Waals surface area contributed by atoms with Crippen LogP contribution in [0.5, 0.6) is 5.75 Å². The van der Waals surface area contributed by atoms with Crippen LogP contribution < -0.4 is 10.1 Å². The van der Waals surface area contributed by atoms with Crippen LogP contribution in [0.3, 0.4) is 0 Å². The minimum absolute atomic E-state index is 0.411. The van der Waals surface area contributed by atoms with E-state index in [1.807, 2.05) is 43.8 Å². The smallest absolute Gasteiger partial charge is 0.131 e. The van der Waals surface area contributed by atoms with Gasteiger partial charge in [0.15, 0.2) is 0 Å². The van der Waals surface area contributed by atoms with Crippen LogP contribution in [0.25, 0.3) is 0 Å². The average molecular weight is 373 g/mol. The Bertz CT molecular complexity index is 628. The van der Waals surface area contributed by atoms with Crippen LogP contribution in [0.15, 0.2) is 22.7 Å². The molecule has 4 nitrogen and oxygen atoms in total. The number of halogens is 2. The maximum atomic E-state index is 6.28. The number of benzene rings is 1. The molecule has 0 amide bonds. The first-order chi connectivity index (χ1) is 10.1. The van der Waals surface area contributed by atoms with Crippen molar-refractivity contribution in [2.45, 2.75) is 33.5 Å². The maximum absolute atomic E-state index is 6.28. The van der Waals surface area contributed by atoms with Crippen molar-refractivity contribution in [1.29, 1.82) is 0 Å². The Balaban J connectivity index is 2.15. The lowest BCUT2D eigenvalue weighted by Gasteiger charge is -2.11. The molecular formula is C15H19BrClN3O. The molecule has 0 radical (unpaired) electrons. The molecule has 0 aliphatic rings. The first-order valence-corrected chi connectivity index (χ1v) is 8.01. The molecule has 0 aliphatic carbocycles. The molecular weight excluding hydrogens is 354 g/mol. The highest BCUT2D eigenvalue weighted by atomic mass is 79.9. The van der Waals surface area contributed by atoms with Crippen LogP contribution in [0.4, 0.5) is 0 Å². The van der Waals surface area contributed by atoms with Gasteiger partial charge in [-0.05, 0) is 44.7 Å². The van der Waals surface area contributed by atoms with Crippen LogP contribution in [0.1, 0.15) is 23.9 Å². The Labute approximate surface area is 138 Å². The van der Waals surface area contributed by atoms with Crippen molar-refractivity contribution in [3.63, 3.8) is 0 Å². The topological polar surface area (TPSA) is 39.1 Å². The Morgan fingerprint density at radius 3 is 2.86 bits per heavy atom. The van der Waals surface area contributed by atoms with Gasteiger partial charge in [0.2, 0.25) is 0 Å². The third kappa shape index (κ3) is 3.78. The second-order valence-corrected chi connectivity index (χ2v) is 5.97. The molecule has 0 saturated carbocycles. The summed E-state index contributed by atoms with van der Waals surface area (Å²) < 4.78 is 8.82. The summed E-state index contributed by atoms with van der Waals surface area (Å²) in [5.74, 6) is 0.820. The molecule has 0 aliphatic heterocycles. The Morgan fingerprint density at radius 1 is 1.43 bits per heavy atom. The van der Waals surface area contributed by atoms with Gasteiger partial charge < -0.3 is 10.1 Å². The highest BCUT2D eigenvalue weighted by molar-refractivity contribution is 9.10. The summed E-state index contributed by atoms with van der Waals surface area (Å²) in [7, 11) is 1.92. The summed E-state index contributed by atoms with van der Waals surface area (Å²) >= 11 is 9.82. The van der Waals surface area contributed by atoms with E-state index in [0.29, 0.717) is 11.6 Å². The molecule has 0 spiro atoms. The molecule has 21 heavy (non-hydrogen) atoms. The summed E-state index contributed by atoms with van der Waals surface area (Å²) in [5, 5.41) is 8.21. The van der Waals surface area contributed by atoms with Gasteiger partial charge in [-0.15, -0.1) is 0 Å². The lowest BCUT2D eigenvalue weighted by atomic mass is 10.2. The molecule has 0 saturated heterocycles. The standard InChI is InChI=1S/C15H19BrClN3O/c1-4-20-14(15(17)10(2)19-20)9-21-12-5-6-13(16)11(7-12)8-18-3/h5-7,18H,4,8-9H2,1-3H3. The van der Waals surface area contributed by atoms with Crippen LogP contribution in [-0.4, -0.2) is 16.8 Å². The fraction of sp³-hybridized carbons (Fsp3) is 0.400. The van der Waals surface area contributed by atoms with Gasteiger partial charge in [0.25, 0.3) is 0 Å². The van der Waals surface area contributed by atoms with Gasteiger partial charge in [0.05, 0.1) is 16.4 Å². The molecule has 0 bridgehead atoms. The average Bonchev–Trinajstić information content (AvgIpc) is 2.75. The second kappa shape index (κ2) is 7.29. The van der Waals surface area contributed by atoms with Gasteiger partial charge in [-0.2, -0.15) is 5.10 Å².